The van der Waals surface area contributed by atoms with Gasteiger partial charge in [0.1, 0.15) is 5.75 Å². The first kappa shape index (κ1) is 18.0. The van der Waals surface area contributed by atoms with Gasteiger partial charge < -0.3 is 15.0 Å². The molecule has 0 spiro atoms. The number of unbranched alkanes of at least 4 members (excludes halogenated alkanes) is 1. The van der Waals surface area contributed by atoms with E-state index in [0.717, 1.165) is 24.2 Å². The third kappa shape index (κ3) is 6.61. The average Bonchev–Trinajstić information content (AvgIpc) is 2.52. The molecule has 0 radical (unpaired) electrons. The van der Waals surface area contributed by atoms with Gasteiger partial charge in [0.05, 0.1) is 13.7 Å². The lowest BCUT2D eigenvalue weighted by molar-refractivity contribution is -0.134. The fourth-order valence-corrected chi connectivity index (χ4v) is 2.04. The summed E-state index contributed by atoms with van der Waals surface area (Å²) in [6, 6.07) is 7.73. The van der Waals surface area contributed by atoms with Gasteiger partial charge in [-0.1, -0.05) is 25.5 Å². The Balaban J connectivity index is 2.46. The molecule has 5 heteroatoms. The Kier molecular flexibility index (Phi) is 8.04. The van der Waals surface area contributed by atoms with Crippen molar-refractivity contribution in [3.05, 3.63) is 29.8 Å². The van der Waals surface area contributed by atoms with E-state index in [9.17, 15) is 9.59 Å². The minimum atomic E-state index is -0.0987. The molecule has 0 aliphatic heterocycles. The Morgan fingerprint density at radius 3 is 2.45 bits per heavy atom. The Morgan fingerprint density at radius 2 is 1.91 bits per heavy atom. The first-order chi connectivity index (χ1) is 10.6. The lowest BCUT2D eigenvalue weighted by Gasteiger charge is -2.20. The highest BCUT2D eigenvalue weighted by molar-refractivity contribution is 5.83. The molecule has 0 bridgehead atoms. The number of amides is 2. The van der Waals surface area contributed by atoms with Crippen LogP contribution < -0.4 is 10.1 Å². The zero-order chi connectivity index (χ0) is 16.4. The van der Waals surface area contributed by atoms with Crippen LogP contribution in [0.3, 0.4) is 0 Å². The van der Waals surface area contributed by atoms with Gasteiger partial charge in [0.2, 0.25) is 11.8 Å². The van der Waals surface area contributed by atoms with Crippen LogP contribution in [0.2, 0.25) is 0 Å². The van der Waals surface area contributed by atoms with E-state index in [1.165, 1.54) is 6.92 Å². The van der Waals surface area contributed by atoms with Gasteiger partial charge in [0.15, 0.2) is 0 Å². The van der Waals surface area contributed by atoms with Crippen molar-refractivity contribution >= 4 is 11.8 Å². The van der Waals surface area contributed by atoms with E-state index in [4.69, 9.17) is 4.74 Å². The molecule has 0 aromatic heterocycles. The average molecular weight is 306 g/mol. The van der Waals surface area contributed by atoms with E-state index in [0.29, 0.717) is 19.5 Å². The molecule has 0 aliphatic carbocycles. The second-order valence-electron chi connectivity index (χ2n) is 5.24. The third-order valence-corrected chi connectivity index (χ3v) is 3.46. The van der Waals surface area contributed by atoms with Crippen LogP contribution in [0.1, 0.15) is 32.3 Å². The minimum absolute atomic E-state index is 0.0841. The van der Waals surface area contributed by atoms with Gasteiger partial charge in [-0.25, -0.2) is 0 Å². The number of ether oxygens (including phenoxy) is 1. The Morgan fingerprint density at radius 1 is 1.23 bits per heavy atom. The van der Waals surface area contributed by atoms with Crippen molar-refractivity contribution < 1.29 is 14.3 Å². The molecule has 0 saturated carbocycles. The predicted molar refractivity (Wildman–Crippen MR) is 86.9 cm³/mol. The summed E-state index contributed by atoms with van der Waals surface area (Å²) in [5.41, 5.74) is 1.11. The van der Waals surface area contributed by atoms with E-state index in [2.05, 4.69) is 12.2 Å². The summed E-state index contributed by atoms with van der Waals surface area (Å²) >= 11 is 0. The van der Waals surface area contributed by atoms with Crippen LogP contribution >= 0.6 is 0 Å². The molecule has 22 heavy (non-hydrogen) atoms. The van der Waals surface area contributed by atoms with Gasteiger partial charge in [-0.3, -0.25) is 9.59 Å². The van der Waals surface area contributed by atoms with Gasteiger partial charge in [0, 0.05) is 20.0 Å². The highest BCUT2D eigenvalue weighted by Crippen LogP contribution is 2.12. The largest absolute Gasteiger partial charge is 0.497 e. The van der Waals surface area contributed by atoms with E-state index < -0.39 is 0 Å². The highest BCUT2D eigenvalue weighted by atomic mass is 16.5. The number of hydrogen-bond donors (Lipinski definition) is 1. The summed E-state index contributed by atoms with van der Waals surface area (Å²) < 4.78 is 5.11. The number of carbonyl (C=O) groups excluding carboxylic acids is 2. The maximum Gasteiger partial charge on any atom is 0.239 e. The van der Waals surface area contributed by atoms with E-state index >= 15 is 0 Å². The quantitative estimate of drug-likeness (QED) is 0.710. The zero-order valence-electron chi connectivity index (χ0n) is 13.7. The molecule has 2 amide bonds. The molecule has 1 rings (SSSR count). The number of benzene rings is 1. The van der Waals surface area contributed by atoms with Crippen molar-refractivity contribution in [3.8, 4) is 5.75 Å². The van der Waals surface area contributed by atoms with Crippen molar-refractivity contribution in [2.75, 3.05) is 26.7 Å². The molecular formula is C17H26N2O3. The maximum atomic E-state index is 11.8. The van der Waals surface area contributed by atoms with Gasteiger partial charge >= 0.3 is 0 Å². The minimum Gasteiger partial charge on any atom is -0.497 e. The van der Waals surface area contributed by atoms with Crippen LogP contribution in [0.5, 0.6) is 5.75 Å². The monoisotopic (exact) mass is 306 g/mol. The normalized spacial score (nSPS) is 10.1. The molecule has 0 aliphatic rings. The van der Waals surface area contributed by atoms with Crippen LogP contribution in [0.4, 0.5) is 0 Å². The van der Waals surface area contributed by atoms with Crippen molar-refractivity contribution in [1.82, 2.24) is 10.2 Å². The summed E-state index contributed by atoms with van der Waals surface area (Å²) in [5.74, 6) is 0.625. The molecule has 1 N–H and O–H groups in total. The van der Waals surface area contributed by atoms with Crippen LogP contribution in [0.15, 0.2) is 24.3 Å². The molecule has 5 nitrogen and oxygen atoms in total. The molecule has 0 atom stereocenters. The van der Waals surface area contributed by atoms with Crippen LogP contribution in [-0.4, -0.2) is 43.5 Å². The van der Waals surface area contributed by atoms with Crippen molar-refractivity contribution in [1.29, 1.82) is 0 Å². The van der Waals surface area contributed by atoms with Gasteiger partial charge in [-0.15, -0.1) is 0 Å². The SMILES string of the molecule is CCCCNC(=O)CN(CCc1ccc(OC)cc1)C(C)=O. The van der Waals surface area contributed by atoms with Crippen molar-refractivity contribution in [2.24, 2.45) is 0 Å². The van der Waals surface area contributed by atoms with Gasteiger partial charge in [-0.05, 0) is 30.5 Å². The van der Waals surface area contributed by atoms with E-state index in [1.54, 1.807) is 12.0 Å². The Labute approximate surface area is 132 Å². The standard InChI is InChI=1S/C17H26N2O3/c1-4-5-11-18-17(21)13-19(14(2)20)12-10-15-6-8-16(22-3)9-7-15/h6-9H,4-5,10-13H2,1-3H3,(H,18,21). The molecule has 1 aromatic rings. The summed E-state index contributed by atoms with van der Waals surface area (Å²) in [6.45, 7) is 4.88. The van der Waals surface area contributed by atoms with E-state index in [-0.39, 0.29) is 18.4 Å². The fourth-order valence-electron chi connectivity index (χ4n) is 2.04. The van der Waals surface area contributed by atoms with Crippen LogP contribution in [-0.2, 0) is 16.0 Å². The summed E-state index contributed by atoms with van der Waals surface area (Å²) in [5, 5.41) is 2.83. The van der Waals surface area contributed by atoms with Crippen molar-refractivity contribution in [3.63, 3.8) is 0 Å². The van der Waals surface area contributed by atoms with Crippen molar-refractivity contribution in [2.45, 2.75) is 33.1 Å². The third-order valence-electron chi connectivity index (χ3n) is 3.46. The lowest BCUT2D eigenvalue weighted by atomic mass is 10.1. The smallest absolute Gasteiger partial charge is 0.239 e. The molecule has 0 unspecified atom stereocenters. The van der Waals surface area contributed by atoms with E-state index in [1.807, 2.05) is 24.3 Å². The topological polar surface area (TPSA) is 58.6 Å². The maximum absolute atomic E-state index is 11.8. The second kappa shape index (κ2) is 9.82. The predicted octanol–water partition coefficient (Wildman–Crippen LogP) is 2.00. The fraction of sp³-hybridized carbons (Fsp3) is 0.529. The molecule has 0 fully saturated rings. The Hall–Kier alpha value is -2.04. The van der Waals surface area contributed by atoms with Crippen LogP contribution in [0.25, 0.3) is 0 Å². The summed E-state index contributed by atoms with van der Waals surface area (Å²) in [7, 11) is 1.63. The zero-order valence-corrected chi connectivity index (χ0v) is 13.7. The molecule has 0 heterocycles. The Bertz CT molecular complexity index is 471. The number of nitrogens with zero attached hydrogens (tertiary/aromatic N) is 1. The van der Waals surface area contributed by atoms with Gasteiger partial charge in [-0.2, -0.15) is 0 Å². The first-order valence-corrected chi connectivity index (χ1v) is 7.72. The number of nitrogens with one attached hydrogen (secondary N) is 1. The molecule has 1 aromatic carbocycles. The number of methoxy groups -OCH3 is 1. The summed E-state index contributed by atoms with van der Waals surface area (Å²) in [4.78, 5) is 25.0. The number of hydrogen-bond acceptors (Lipinski definition) is 3. The number of rotatable bonds is 9. The highest BCUT2D eigenvalue weighted by Gasteiger charge is 2.13. The van der Waals surface area contributed by atoms with Gasteiger partial charge in [0.25, 0.3) is 0 Å². The molecular weight excluding hydrogens is 280 g/mol. The van der Waals surface area contributed by atoms with Crippen LogP contribution in [0, 0.1) is 0 Å². The molecule has 0 saturated heterocycles. The molecule has 122 valence electrons. The first-order valence-electron chi connectivity index (χ1n) is 7.72. The summed E-state index contributed by atoms with van der Waals surface area (Å²) in [6.07, 6.45) is 2.71. The second-order valence-corrected chi connectivity index (χ2v) is 5.24. The lowest BCUT2D eigenvalue weighted by Crippen LogP contribution is -2.41. The number of carbonyl (C=O) groups is 2.